The molecular weight excluding hydrogens is 248 g/mol. The van der Waals surface area contributed by atoms with Gasteiger partial charge >= 0.3 is 0 Å². The van der Waals surface area contributed by atoms with E-state index in [2.05, 4.69) is 17.6 Å². The van der Waals surface area contributed by atoms with Crippen molar-refractivity contribution in [3.8, 4) is 0 Å². The summed E-state index contributed by atoms with van der Waals surface area (Å²) in [5.74, 6) is 0.121. The van der Waals surface area contributed by atoms with E-state index in [1.807, 2.05) is 6.92 Å². The Morgan fingerprint density at radius 2 is 2.28 bits per heavy atom. The molecule has 5 heteroatoms. The van der Waals surface area contributed by atoms with Crippen LogP contribution in [0.15, 0.2) is 0 Å². The molecule has 0 aliphatic carbocycles. The van der Waals surface area contributed by atoms with Crippen molar-refractivity contribution in [2.45, 2.75) is 56.7 Å². The SMILES string of the molecule is CCCC1(C(=O)NCCC(C)S(C)=O)CCCN1. The molecule has 1 saturated heterocycles. The van der Waals surface area contributed by atoms with E-state index in [9.17, 15) is 9.00 Å². The summed E-state index contributed by atoms with van der Waals surface area (Å²) >= 11 is 0. The van der Waals surface area contributed by atoms with Crippen LogP contribution in [0, 0.1) is 0 Å². The molecule has 2 N–H and O–H groups in total. The highest BCUT2D eigenvalue weighted by molar-refractivity contribution is 7.84. The molecule has 1 fully saturated rings. The van der Waals surface area contributed by atoms with E-state index < -0.39 is 10.8 Å². The molecule has 1 aliphatic rings. The van der Waals surface area contributed by atoms with E-state index in [0.29, 0.717) is 6.54 Å². The van der Waals surface area contributed by atoms with Crippen LogP contribution >= 0.6 is 0 Å². The quantitative estimate of drug-likeness (QED) is 0.733. The van der Waals surface area contributed by atoms with E-state index in [-0.39, 0.29) is 16.7 Å². The van der Waals surface area contributed by atoms with Gasteiger partial charge in [0.15, 0.2) is 0 Å². The normalized spacial score (nSPS) is 26.8. The largest absolute Gasteiger partial charge is 0.354 e. The molecule has 0 bridgehead atoms. The average Bonchev–Trinajstić information content (AvgIpc) is 2.79. The standard InChI is InChI=1S/C13H26N2O2S/c1-4-7-13(8-5-9-15-13)12(16)14-10-6-11(2)18(3)17/h11,15H,4-10H2,1-3H3,(H,14,16). The van der Waals surface area contributed by atoms with Crippen LogP contribution in [-0.4, -0.2) is 40.3 Å². The Balaban J connectivity index is 2.41. The topological polar surface area (TPSA) is 58.2 Å². The van der Waals surface area contributed by atoms with E-state index in [4.69, 9.17) is 0 Å². The molecule has 0 spiro atoms. The fourth-order valence-corrected chi connectivity index (χ4v) is 2.93. The Morgan fingerprint density at radius 3 is 2.78 bits per heavy atom. The van der Waals surface area contributed by atoms with Gasteiger partial charge in [0.1, 0.15) is 0 Å². The fourth-order valence-electron chi connectivity index (χ4n) is 2.48. The van der Waals surface area contributed by atoms with Gasteiger partial charge in [-0.05, 0) is 32.2 Å². The highest BCUT2D eigenvalue weighted by atomic mass is 32.2. The van der Waals surface area contributed by atoms with Crippen molar-refractivity contribution >= 4 is 16.7 Å². The van der Waals surface area contributed by atoms with Gasteiger partial charge in [-0.2, -0.15) is 0 Å². The fraction of sp³-hybridized carbons (Fsp3) is 0.923. The molecule has 18 heavy (non-hydrogen) atoms. The lowest BCUT2D eigenvalue weighted by Crippen LogP contribution is -2.53. The van der Waals surface area contributed by atoms with Crippen LogP contribution < -0.4 is 10.6 Å². The zero-order valence-corrected chi connectivity index (χ0v) is 12.6. The van der Waals surface area contributed by atoms with Crippen molar-refractivity contribution < 1.29 is 9.00 Å². The Bertz CT molecular complexity index is 301. The maximum absolute atomic E-state index is 12.3. The van der Waals surface area contributed by atoms with Gasteiger partial charge in [-0.15, -0.1) is 0 Å². The lowest BCUT2D eigenvalue weighted by Gasteiger charge is -2.28. The van der Waals surface area contributed by atoms with Crippen LogP contribution in [-0.2, 0) is 15.6 Å². The van der Waals surface area contributed by atoms with E-state index in [1.54, 1.807) is 6.26 Å². The Labute approximate surface area is 113 Å². The molecule has 1 amide bonds. The molecular formula is C13H26N2O2S. The summed E-state index contributed by atoms with van der Waals surface area (Å²) in [5, 5.41) is 6.50. The van der Waals surface area contributed by atoms with Gasteiger partial charge in [0.05, 0.1) is 5.54 Å². The molecule has 0 aromatic carbocycles. The first-order valence-electron chi connectivity index (χ1n) is 6.87. The molecule has 1 rings (SSSR count). The van der Waals surface area contributed by atoms with Gasteiger partial charge in [0.2, 0.25) is 5.91 Å². The summed E-state index contributed by atoms with van der Waals surface area (Å²) < 4.78 is 11.2. The van der Waals surface area contributed by atoms with Gasteiger partial charge < -0.3 is 10.6 Å². The van der Waals surface area contributed by atoms with Gasteiger partial charge in [-0.25, -0.2) is 0 Å². The van der Waals surface area contributed by atoms with E-state index in [1.165, 1.54) is 0 Å². The third-order valence-electron chi connectivity index (χ3n) is 3.76. The minimum Gasteiger partial charge on any atom is -0.354 e. The molecule has 0 saturated carbocycles. The first-order valence-corrected chi connectivity index (χ1v) is 8.49. The van der Waals surface area contributed by atoms with Crippen LogP contribution in [0.4, 0.5) is 0 Å². The number of hydrogen-bond acceptors (Lipinski definition) is 3. The third-order valence-corrected chi connectivity index (χ3v) is 5.13. The summed E-state index contributed by atoms with van der Waals surface area (Å²) in [4.78, 5) is 12.3. The van der Waals surface area contributed by atoms with Crippen molar-refractivity contribution in [3.05, 3.63) is 0 Å². The molecule has 0 aromatic rings. The first-order chi connectivity index (χ1) is 8.52. The van der Waals surface area contributed by atoms with E-state index in [0.717, 1.165) is 38.6 Å². The number of nitrogens with one attached hydrogen (secondary N) is 2. The lowest BCUT2D eigenvalue weighted by atomic mass is 9.91. The molecule has 0 radical (unpaired) electrons. The van der Waals surface area contributed by atoms with Gasteiger partial charge in [-0.1, -0.05) is 20.3 Å². The highest BCUT2D eigenvalue weighted by Crippen LogP contribution is 2.24. The van der Waals surface area contributed by atoms with Crippen LogP contribution in [0.5, 0.6) is 0 Å². The summed E-state index contributed by atoms with van der Waals surface area (Å²) in [6.07, 6.45) is 6.40. The molecule has 3 unspecified atom stereocenters. The van der Waals surface area contributed by atoms with Crippen molar-refractivity contribution in [1.82, 2.24) is 10.6 Å². The summed E-state index contributed by atoms with van der Waals surface area (Å²) in [7, 11) is -0.808. The maximum Gasteiger partial charge on any atom is 0.240 e. The van der Waals surface area contributed by atoms with E-state index >= 15 is 0 Å². The van der Waals surface area contributed by atoms with Gasteiger partial charge in [0, 0.05) is 28.9 Å². The maximum atomic E-state index is 12.3. The van der Waals surface area contributed by atoms with Crippen molar-refractivity contribution in [3.63, 3.8) is 0 Å². The predicted molar refractivity (Wildman–Crippen MR) is 76.0 cm³/mol. The number of carbonyl (C=O) groups excluding carboxylic acids is 1. The molecule has 1 aliphatic heterocycles. The number of amides is 1. The third kappa shape index (κ3) is 4.05. The zero-order valence-electron chi connectivity index (χ0n) is 11.8. The average molecular weight is 274 g/mol. The summed E-state index contributed by atoms with van der Waals surface area (Å²) in [6, 6.07) is 0. The highest BCUT2D eigenvalue weighted by Gasteiger charge is 2.39. The number of rotatable bonds is 7. The van der Waals surface area contributed by atoms with Crippen molar-refractivity contribution in [2.24, 2.45) is 0 Å². The Hall–Kier alpha value is -0.420. The molecule has 3 atom stereocenters. The van der Waals surface area contributed by atoms with Crippen LogP contribution in [0.2, 0.25) is 0 Å². The second kappa shape index (κ2) is 7.24. The van der Waals surface area contributed by atoms with Crippen molar-refractivity contribution in [1.29, 1.82) is 0 Å². The second-order valence-electron chi connectivity index (χ2n) is 5.22. The zero-order chi connectivity index (χ0) is 13.6. The van der Waals surface area contributed by atoms with Crippen molar-refractivity contribution in [2.75, 3.05) is 19.3 Å². The van der Waals surface area contributed by atoms with Crippen LogP contribution in [0.1, 0.15) is 46.0 Å². The molecule has 4 nitrogen and oxygen atoms in total. The van der Waals surface area contributed by atoms with Gasteiger partial charge in [0.25, 0.3) is 0 Å². The monoisotopic (exact) mass is 274 g/mol. The molecule has 106 valence electrons. The summed E-state index contributed by atoms with van der Waals surface area (Å²) in [6.45, 7) is 5.62. The van der Waals surface area contributed by atoms with Crippen LogP contribution in [0.25, 0.3) is 0 Å². The molecule has 1 heterocycles. The molecule has 0 aromatic heterocycles. The Kier molecular flexibility index (Phi) is 6.29. The summed E-state index contributed by atoms with van der Waals surface area (Å²) in [5.41, 5.74) is -0.344. The number of hydrogen-bond donors (Lipinski definition) is 2. The second-order valence-corrected chi connectivity index (χ2v) is 7.02. The number of carbonyl (C=O) groups is 1. The smallest absolute Gasteiger partial charge is 0.240 e. The predicted octanol–water partition coefficient (Wildman–Crippen LogP) is 1.18. The first kappa shape index (κ1) is 15.6. The van der Waals surface area contributed by atoms with Gasteiger partial charge in [-0.3, -0.25) is 9.00 Å². The Morgan fingerprint density at radius 1 is 1.56 bits per heavy atom. The van der Waals surface area contributed by atoms with Crippen LogP contribution in [0.3, 0.4) is 0 Å². The minimum atomic E-state index is -0.808. The lowest BCUT2D eigenvalue weighted by molar-refractivity contribution is -0.127. The minimum absolute atomic E-state index is 0.121.